The van der Waals surface area contributed by atoms with E-state index in [1.165, 1.54) is 19.3 Å². The molecule has 0 amide bonds. The molecule has 12 heavy (non-hydrogen) atoms. The zero-order valence-electron chi connectivity index (χ0n) is 8.65. The first kappa shape index (κ1) is 11.9. The summed E-state index contributed by atoms with van der Waals surface area (Å²) in [6, 6.07) is 0.695. The minimum atomic E-state index is -0.184. The molecule has 0 aliphatic carbocycles. The summed E-state index contributed by atoms with van der Waals surface area (Å²) in [4.78, 5) is 2.21. The Morgan fingerprint density at radius 3 is 2.17 bits per heavy atom. The van der Waals surface area contributed by atoms with Gasteiger partial charge in [0.25, 0.3) is 0 Å². The van der Waals surface area contributed by atoms with Crippen LogP contribution in [0.3, 0.4) is 0 Å². The van der Waals surface area contributed by atoms with Crippen LogP contribution in [0.25, 0.3) is 0 Å². The lowest BCUT2D eigenvalue weighted by molar-refractivity contribution is 0.0802. The highest BCUT2D eigenvalue weighted by molar-refractivity contribution is 4.80. The number of hydrogen-bond donors (Lipinski definition) is 0. The van der Waals surface area contributed by atoms with Gasteiger partial charge in [-0.2, -0.15) is 0 Å². The minimum absolute atomic E-state index is 0.184. The maximum absolute atomic E-state index is 11.7. The summed E-state index contributed by atoms with van der Waals surface area (Å²) in [5.74, 6) is 0. The predicted octanol–water partition coefficient (Wildman–Crippen LogP) is 2.86. The van der Waals surface area contributed by atoms with Gasteiger partial charge in [-0.25, -0.2) is 4.39 Å². The summed E-state index contributed by atoms with van der Waals surface area (Å²) in [7, 11) is 0. The van der Waals surface area contributed by atoms with Crippen LogP contribution in [0, 0.1) is 0 Å². The Morgan fingerprint density at radius 2 is 1.92 bits per heavy atom. The van der Waals surface area contributed by atoms with E-state index in [-0.39, 0.29) is 6.67 Å². The average molecular weight is 175 g/mol. The normalized spacial score (nSPS) is 22.5. The third kappa shape index (κ3) is 4.05. The lowest BCUT2D eigenvalue weighted by atomic mass is 10.0. The Bertz CT molecular complexity index is 93.8. The molecule has 0 saturated carbocycles. The smallest absolute Gasteiger partial charge is 0.102 e. The SMILES string of the molecule is CCC.CCC1CCN1CCF. The van der Waals surface area contributed by atoms with E-state index >= 15 is 0 Å². The van der Waals surface area contributed by atoms with Gasteiger partial charge in [-0.05, 0) is 12.8 Å². The fraction of sp³-hybridized carbons (Fsp3) is 1.00. The van der Waals surface area contributed by atoms with E-state index < -0.39 is 0 Å². The van der Waals surface area contributed by atoms with E-state index in [1.54, 1.807) is 0 Å². The molecule has 0 radical (unpaired) electrons. The molecule has 1 atom stereocenters. The molecule has 1 rings (SSSR count). The second-order valence-corrected chi connectivity index (χ2v) is 3.28. The number of nitrogens with zero attached hydrogens (tertiary/aromatic N) is 1. The van der Waals surface area contributed by atoms with Gasteiger partial charge in [0.2, 0.25) is 0 Å². The molecule has 0 spiro atoms. The number of halogens is 1. The van der Waals surface area contributed by atoms with Crippen molar-refractivity contribution in [2.45, 2.75) is 46.1 Å². The molecule has 1 nitrogen and oxygen atoms in total. The van der Waals surface area contributed by atoms with E-state index in [0.29, 0.717) is 12.6 Å². The lowest BCUT2D eigenvalue weighted by Gasteiger charge is -2.39. The molecule has 1 aliphatic rings. The molecule has 0 aromatic rings. The van der Waals surface area contributed by atoms with E-state index in [9.17, 15) is 4.39 Å². The zero-order valence-corrected chi connectivity index (χ0v) is 8.65. The van der Waals surface area contributed by atoms with Crippen molar-refractivity contribution in [2.24, 2.45) is 0 Å². The van der Waals surface area contributed by atoms with Gasteiger partial charge in [-0.15, -0.1) is 0 Å². The molecule has 0 bridgehead atoms. The van der Waals surface area contributed by atoms with Crippen molar-refractivity contribution in [3.63, 3.8) is 0 Å². The summed E-state index contributed by atoms with van der Waals surface area (Å²) in [6.07, 6.45) is 3.70. The highest BCUT2D eigenvalue weighted by Gasteiger charge is 2.24. The van der Waals surface area contributed by atoms with Crippen LogP contribution in [0.1, 0.15) is 40.0 Å². The summed E-state index contributed by atoms with van der Waals surface area (Å²) < 4.78 is 11.7. The lowest BCUT2D eigenvalue weighted by Crippen LogP contribution is -2.47. The molecule has 0 aromatic heterocycles. The van der Waals surface area contributed by atoms with Crippen molar-refractivity contribution >= 4 is 0 Å². The van der Waals surface area contributed by atoms with Crippen molar-refractivity contribution in [3.05, 3.63) is 0 Å². The highest BCUT2D eigenvalue weighted by atomic mass is 19.1. The fourth-order valence-electron chi connectivity index (χ4n) is 1.36. The van der Waals surface area contributed by atoms with Crippen molar-refractivity contribution < 1.29 is 4.39 Å². The first-order valence-corrected chi connectivity index (χ1v) is 5.10. The minimum Gasteiger partial charge on any atom is -0.298 e. The predicted molar refractivity (Wildman–Crippen MR) is 52.2 cm³/mol. The van der Waals surface area contributed by atoms with Crippen molar-refractivity contribution in [3.8, 4) is 0 Å². The second-order valence-electron chi connectivity index (χ2n) is 3.28. The van der Waals surface area contributed by atoms with Crippen molar-refractivity contribution in [1.29, 1.82) is 0 Å². The Hall–Kier alpha value is -0.110. The number of alkyl halides is 1. The molecular formula is C10H22FN. The van der Waals surface area contributed by atoms with Crippen LogP contribution < -0.4 is 0 Å². The third-order valence-corrected chi connectivity index (χ3v) is 2.11. The van der Waals surface area contributed by atoms with Gasteiger partial charge >= 0.3 is 0 Å². The van der Waals surface area contributed by atoms with E-state index in [2.05, 4.69) is 25.7 Å². The monoisotopic (exact) mass is 175 g/mol. The standard InChI is InChI=1S/C7H14FN.C3H8/c1-2-7-3-5-9(7)6-4-8;1-3-2/h7H,2-6H2,1H3;3H2,1-2H3. The third-order valence-electron chi connectivity index (χ3n) is 2.11. The summed E-state index contributed by atoms with van der Waals surface area (Å²) >= 11 is 0. The highest BCUT2D eigenvalue weighted by Crippen LogP contribution is 2.18. The molecule has 2 heteroatoms. The molecule has 0 N–H and O–H groups in total. The average Bonchev–Trinajstić information content (AvgIpc) is 2.01. The number of rotatable bonds is 3. The van der Waals surface area contributed by atoms with Crippen LogP contribution in [0.15, 0.2) is 0 Å². The van der Waals surface area contributed by atoms with E-state index in [4.69, 9.17) is 0 Å². The van der Waals surface area contributed by atoms with Crippen molar-refractivity contribution in [1.82, 2.24) is 4.90 Å². The van der Waals surface area contributed by atoms with Crippen molar-refractivity contribution in [2.75, 3.05) is 19.8 Å². The Morgan fingerprint density at radius 1 is 1.33 bits per heavy atom. The topological polar surface area (TPSA) is 3.24 Å². The largest absolute Gasteiger partial charge is 0.298 e. The maximum Gasteiger partial charge on any atom is 0.102 e. The van der Waals surface area contributed by atoms with Crippen LogP contribution >= 0.6 is 0 Å². The molecule has 74 valence electrons. The van der Waals surface area contributed by atoms with E-state index in [0.717, 1.165) is 6.54 Å². The molecular weight excluding hydrogens is 153 g/mol. The first-order valence-electron chi connectivity index (χ1n) is 5.10. The van der Waals surface area contributed by atoms with Gasteiger partial charge in [0.1, 0.15) is 6.67 Å². The van der Waals surface area contributed by atoms with Gasteiger partial charge in [0.05, 0.1) is 0 Å². The van der Waals surface area contributed by atoms with E-state index in [1.807, 2.05) is 0 Å². The van der Waals surface area contributed by atoms with Crippen LogP contribution in [-0.2, 0) is 0 Å². The Labute approximate surface area is 75.9 Å². The summed E-state index contributed by atoms with van der Waals surface area (Å²) in [6.45, 7) is 7.99. The molecule has 1 unspecified atom stereocenters. The van der Waals surface area contributed by atoms with Crippen LogP contribution in [0.4, 0.5) is 4.39 Å². The summed E-state index contributed by atoms with van der Waals surface area (Å²) in [5.41, 5.74) is 0. The number of hydrogen-bond acceptors (Lipinski definition) is 1. The molecule has 0 aromatic carbocycles. The van der Waals surface area contributed by atoms with Crippen LogP contribution in [-0.4, -0.2) is 30.7 Å². The number of likely N-dealkylation sites (tertiary alicyclic amines) is 1. The molecule has 1 heterocycles. The second kappa shape index (κ2) is 7.53. The maximum atomic E-state index is 11.7. The Kier molecular flexibility index (Phi) is 7.47. The Balaban J connectivity index is 0.000000354. The van der Waals surface area contributed by atoms with Gasteiger partial charge in [-0.1, -0.05) is 27.2 Å². The quantitative estimate of drug-likeness (QED) is 0.637. The molecule has 1 fully saturated rings. The molecule has 1 aliphatic heterocycles. The van der Waals surface area contributed by atoms with Crippen LogP contribution in [0.2, 0.25) is 0 Å². The van der Waals surface area contributed by atoms with Gasteiger partial charge < -0.3 is 0 Å². The summed E-state index contributed by atoms with van der Waals surface area (Å²) in [5, 5.41) is 0. The molecule has 1 saturated heterocycles. The zero-order chi connectivity index (χ0) is 9.40. The van der Waals surface area contributed by atoms with Gasteiger partial charge in [0, 0.05) is 19.1 Å². The van der Waals surface area contributed by atoms with Gasteiger partial charge in [-0.3, -0.25) is 4.90 Å². The van der Waals surface area contributed by atoms with Crippen LogP contribution in [0.5, 0.6) is 0 Å². The van der Waals surface area contributed by atoms with Gasteiger partial charge in [0.15, 0.2) is 0 Å². The fourth-order valence-corrected chi connectivity index (χ4v) is 1.36. The first-order chi connectivity index (χ1) is 5.79.